The normalized spacial score (nSPS) is 11.2. The molecule has 3 rings (SSSR count). The maximum atomic E-state index is 5.50. The van der Waals surface area contributed by atoms with Crippen molar-refractivity contribution in [3.63, 3.8) is 0 Å². The molecule has 1 nitrogen and oxygen atoms in total. The summed E-state index contributed by atoms with van der Waals surface area (Å²) in [5.74, 6) is 0.846. The first-order chi connectivity index (χ1) is 11.3. The van der Waals surface area contributed by atoms with Gasteiger partial charge in [-0.15, -0.1) is 0 Å². The highest BCUT2D eigenvalue weighted by Gasteiger charge is 2.36. The van der Waals surface area contributed by atoms with Crippen LogP contribution in [-0.2, 0) is 5.41 Å². The van der Waals surface area contributed by atoms with Crippen LogP contribution in [-0.4, -0.2) is 10.5 Å². The number of rotatable bonds is 5. The fourth-order valence-corrected chi connectivity index (χ4v) is 3.61. The Hall–Kier alpha value is -2.32. The van der Waals surface area contributed by atoms with Gasteiger partial charge in [0.1, 0.15) is 5.75 Å². The quantitative estimate of drug-likeness (QED) is 0.481. The van der Waals surface area contributed by atoms with Gasteiger partial charge in [0.25, 0.3) is 0 Å². The molecule has 0 aromatic heterocycles. The molecule has 0 heterocycles. The average Bonchev–Trinajstić information content (AvgIpc) is 2.65. The minimum absolute atomic E-state index is 0.244. The molecular formula is C21H19OSi. The lowest BCUT2D eigenvalue weighted by Gasteiger charge is -2.36. The summed E-state index contributed by atoms with van der Waals surface area (Å²) in [4.78, 5) is 0. The summed E-state index contributed by atoms with van der Waals surface area (Å²) in [6, 6.07) is 29.5. The number of hydrogen-bond acceptors (Lipinski definition) is 1. The van der Waals surface area contributed by atoms with E-state index in [2.05, 4.69) is 90.2 Å². The Morgan fingerprint density at radius 1 is 0.739 bits per heavy atom. The van der Waals surface area contributed by atoms with Crippen molar-refractivity contribution >= 4 is 10.5 Å². The SMILES string of the molecule is CCC(c1ccccc1)(c1ccccc1)c1ccccc1O[Si]. The van der Waals surface area contributed by atoms with E-state index in [1.54, 1.807) is 0 Å². The molecule has 23 heavy (non-hydrogen) atoms. The van der Waals surface area contributed by atoms with Crippen molar-refractivity contribution < 1.29 is 4.43 Å². The third-order valence-electron chi connectivity index (χ3n) is 4.52. The van der Waals surface area contributed by atoms with E-state index in [-0.39, 0.29) is 5.41 Å². The second kappa shape index (κ2) is 6.84. The minimum Gasteiger partial charge on any atom is -0.540 e. The van der Waals surface area contributed by atoms with Gasteiger partial charge in [-0.2, -0.15) is 0 Å². The third kappa shape index (κ3) is 2.70. The van der Waals surface area contributed by atoms with Crippen LogP contribution < -0.4 is 4.43 Å². The van der Waals surface area contributed by atoms with Crippen LogP contribution in [0.3, 0.4) is 0 Å². The Balaban J connectivity index is 2.34. The Morgan fingerprint density at radius 3 is 1.70 bits per heavy atom. The van der Waals surface area contributed by atoms with Crippen LogP contribution in [0, 0.1) is 0 Å². The summed E-state index contributed by atoms with van der Waals surface area (Å²) >= 11 is 0. The van der Waals surface area contributed by atoms with Gasteiger partial charge in [0, 0.05) is 11.0 Å². The Labute approximate surface area is 141 Å². The highest BCUT2D eigenvalue weighted by Crippen LogP contribution is 2.45. The highest BCUT2D eigenvalue weighted by molar-refractivity contribution is 6.00. The van der Waals surface area contributed by atoms with Gasteiger partial charge >= 0.3 is 10.5 Å². The topological polar surface area (TPSA) is 9.23 Å². The van der Waals surface area contributed by atoms with Crippen molar-refractivity contribution in [2.24, 2.45) is 0 Å². The van der Waals surface area contributed by atoms with Gasteiger partial charge < -0.3 is 4.43 Å². The Bertz CT molecular complexity index is 714. The molecule has 2 heteroatoms. The molecule has 0 amide bonds. The Kier molecular flexibility index (Phi) is 4.63. The van der Waals surface area contributed by atoms with E-state index >= 15 is 0 Å². The maximum absolute atomic E-state index is 5.50. The van der Waals surface area contributed by atoms with E-state index in [1.165, 1.54) is 11.1 Å². The summed E-state index contributed by atoms with van der Waals surface area (Å²) in [7, 11) is 3.23. The molecule has 0 saturated heterocycles. The van der Waals surface area contributed by atoms with E-state index in [9.17, 15) is 0 Å². The monoisotopic (exact) mass is 315 g/mol. The smallest absolute Gasteiger partial charge is 0.341 e. The first-order valence-electron chi connectivity index (χ1n) is 7.87. The highest BCUT2D eigenvalue weighted by atomic mass is 28.2. The van der Waals surface area contributed by atoms with Crippen molar-refractivity contribution in [3.05, 3.63) is 102 Å². The van der Waals surface area contributed by atoms with Gasteiger partial charge in [-0.25, -0.2) is 0 Å². The molecule has 3 aromatic rings. The number of para-hydroxylation sites is 1. The van der Waals surface area contributed by atoms with Crippen LogP contribution >= 0.6 is 0 Å². The molecule has 0 bridgehead atoms. The zero-order chi connectivity index (χ0) is 16.1. The lowest BCUT2D eigenvalue weighted by molar-refractivity contribution is 0.541. The molecule has 113 valence electrons. The van der Waals surface area contributed by atoms with E-state index in [1.807, 2.05) is 12.1 Å². The number of benzene rings is 3. The lowest BCUT2D eigenvalue weighted by atomic mass is 9.67. The average molecular weight is 315 g/mol. The fraction of sp³-hybridized carbons (Fsp3) is 0.143. The standard InChI is InChI=1S/C21H19OSi/c1-2-21(17-11-5-3-6-12-17,18-13-7-4-8-14-18)19-15-9-10-16-20(19)22-23/h3-16H,2H2,1H3. The van der Waals surface area contributed by atoms with Crippen LogP contribution in [0.15, 0.2) is 84.9 Å². The fourth-order valence-electron chi connectivity index (χ4n) is 3.43. The zero-order valence-electron chi connectivity index (χ0n) is 13.2. The second-order valence-corrected chi connectivity index (χ2v) is 5.79. The van der Waals surface area contributed by atoms with Crippen molar-refractivity contribution in [1.82, 2.24) is 0 Å². The largest absolute Gasteiger partial charge is 0.540 e. The van der Waals surface area contributed by atoms with Crippen molar-refractivity contribution in [2.75, 3.05) is 0 Å². The van der Waals surface area contributed by atoms with E-state index in [0.29, 0.717) is 0 Å². The third-order valence-corrected chi connectivity index (χ3v) is 4.74. The molecule has 0 N–H and O–H groups in total. The predicted octanol–water partition coefficient (Wildman–Crippen LogP) is 4.89. The van der Waals surface area contributed by atoms with E-state index < -0.39 is 0 Å². The van der Waals surface area contributed by atoms with Crippen molar-refractivity contribution in [3.8, 4) is 5.75 Å². The molecule has 0 fully saturated rings. The lowest BCUT2D eigenvalue weighted by Crippen LogP contribution is -2.29. The summed E-state index contributed by atoms with van der Waals surface area (Å²) < 4.78 is 5.50. The molecule has 0 atom stereocenters. The summed E-state index contributed by atoms with van der Waals surface area (Å²) in [5.41, 5.74) is 3.45. The van der Waals surface area contributed by atoms with E-state index in [4.69, 9.17) is 4.43 Å². The van der Waals surface area contributed by atoms with Gasteiger partial charge in [0.2, 0.25) is 0 Å². The van der Waals surface area contributed by atoms with Crippen LogP contribution in [0.5, 0.6) is 5.75 Å². The Morgan fingerprint density at radius 2 is 1.22 bits per heavy atom. The molecule has 3 radical (unpaired) electrons. The van der Waals surface area contributed by atoms with Gasteiger partial charge in [-0.1, -0.05) is 85.8 Å². The van der Waals surface area contributed by atoms with E-state index in [0.717, 1.165) is 17.7 Å². The van der Waals surface area contributed by atoms with Crippen molar-refractivity contribution in [1.29, 1.82) is 0 Å². The minimum atomic E-state index is -0.244. The first kappa shape index (κ1) is 15.6. The van der Waals surface area contributed by atoms with Gasteiger partial charge in [-0.3, -0.25) is 0 Å². The molecule has 0 aliphatic carbocycles. The summed E-state index contributed by atoms with van der Waals surface area (Å²) in [5, 5.41) is 0. The molecule has 0 aliphatic heterocycles. The molecule has 0 spiro atoms. The predicted molar refractivity (Wildman–Crippen MR) is 95.9 cm³/mol. The summed E-state index contributed by atoms with van der Waals surface area (Å²) in [6.07, 6.45) is 0.938. The second-order valence-electron chi connectivity index (χ2n) is 5.59. The van der Waals surface area contributed by atoms with Gasteiger partial charge in [-0.05, 0) is 23.6 Å². The zero-order valence-corrected chi connectivity index (χ0v) is 14.2. The van der Waals surface area contributed by atoms with Crippen LogP contribution in [0.2, 0.25) is 0 Å². The number of hydrogen-bond donors (Lipinski definition) is 0. The molecular weight excluding hydrogens is 296 g/mol. The van der Waals surface area contributed by atoms with Gasteiger partial charge in [0.15, 0.2) is 0 Å². The molecule has 0 saturated carbocycles. The van der Waals surface area contributed by atoms with Crippen LogP contribution in [0.1, 0.15) is 30.0 Å². The molecule has 0 unspecified atom stereocenters. The summed E-state index contributed by atoms with van der Waals surface area (Å²) in [6.45, 7) is 2.23. The molecule has 3 aromatic carbocycles. The maximum Gasteiger partial charge on any atom is 0.341 e. The first-order valence-corrected chi connectivity index (χ1v) is 8.28. The molecule has 0 aliphatic rings. The van der Waals surface area contributed by atoms with Crippen LogP contribution in [0.4, 0.5) is 0 Å². The van der Waals surface area contributed by atoms with Crippen LogP contribution in [0.25, 0.3) is 0 Å². The van der Waals surface area contributed by atoms with Crippen molar-refractivity contribution in [2.45, 2.75) is 18.8 Å². The van der Waals surface area contributed by atoms with Gasteiger partial charge in [0.05, 0.1) is 0 Å².